The highest BCUT2D eigenvalue weighted by Crippen LogP contribution is 2.18. The van der Waals surface area contributed by atoms with E-state index in [1.54, 1.807) is 0 Å². The van der Waals surface area contributed by atoms with E-state index in [9.17, 15) is 14.4 Å². The van der Waals surface area contributed by atoms with Gasteiger partial charge in [0.15, 0.2) is 0 Å². The molecule has 6 heteroatoms. The minimum atomic E-state index is -1.24. The van der Waals surface area contributed by atoms with Crippen LogP contribution in [0, 0.1) is 5.92 Å². The molecule has 18 heavy (non-hydrogen) atoms. The molecule has 1 aliphatic heterocycles. The average Bonchev–Trinajstić information content (AvgIpc) is 2.60. The first-order chi connectivity index (χ1) is 8.49. The van der Waals surface area contributed by atoms with Crippen molar-refractivity contribution in [2.75, 3.05) is 6.54 Å². The van der Waals surface area contributed by atoms with Gasteiger partial charge in [-0.15, -0.1) is 0 Å². The number of benzene rings is 1. The molecule has 1 saturated heterocycles. The summed E-state index contributed by atoms with van der Waals surface area (Å²) in [7, 11) is 0. The molecule has 94 valence electrons. The van der Waals surface area contributed by atoms with Crippen molar-refractivity contribution in [3.8, 4) is 0 Å². The molecule has 5 nitrogen and oxygen atoms in total. The highest BCUT2D eigenvalue weighted by atomic mass is 79.9. The number of Topliss-reactive ketones (excluding diaryl/α,β-unsaturated/α-hetero) is 1. The van der Waals surface area contributed by atoms with Crippen molar-refractivity contribution in [2.24, 2.45) is 5.92 Å². The van der Waals surface area contributed by atoms with Crippen LogP contribution in [0.1, 0.15) is 5.56 Å². The zero-order chi connectivity index (χ0) is 13.3. The number of nitrogens with zero attached hydrogens (tertiary/aromatic N) is 1. The number of rotatable bonds is 3. The molecule has 0 aromatic heterocycles. The van der Waals surface area contributed by atoms with Crippen molar-refractivity contribution in [3.05, 3.63) is 34.3 Å². The van der Waals surface area contributed by atoms with Gasteiger partial charge < -0.3 is 10.0 Å². The maximum Gasteiger partial charge on any atom is 0.316 e. The smallest absolute Gasteiger partial charge is 0.316 e. The van der Waals surface area contributed by atoms with Crippen LogP contribution in [0.3, 0.4) is 0 Å². The highest BCUT2D eigenvalue weighted by molar-refractivity contribution is 9.10. The number of halogens is 1. The van der Waals surface area contributed by atoms with Crippen LogP contribution in [0.2, 0.25) is 0 Å². The number of amides is 1. The summed E-state index contributed by atoms with van der Waals surface area (Å²) in [4.78, 5) is 35.1. The Morgan fingerprint density at radius 2 is 1.94 bits per heavy atom. The van der Waals surface area contributed by atoms with E-state index in [0.29, 0.717) is 0 Å². The number of aliphatic carboxylic acids is 1. The maximum absolute atomic E-state index is 11.6. The largest absolute Gasteiger partial charge is 0.481 e. The Morgan fingerprint density at radius 3 is 2.44 bits per heavy atom. The molecule has 0 radical (unpaired) electrons. The third kappa shape index (κ3) is 2.43. The lowest BCUT2D eigenvalue weighted by atomic mass is 10.1. The molecule has 2 rings (SSSR count). The molecule has 1 amide bonds. The predicted octanol–water partition coefficient (Wildman–Crippen LogP) is 1.06. The van der Waals surface area contributed by atoms with E-state index in [4.69, 9.17) is 5.11 Å². The van der Waals surface area contributed by atoms with Gasteiger partial charge in [0.25, 0.3) is 5.91 Å². The van der Waals surface area contributed by atoms with Crippen LogP contribution in [-0.4, -0.2) is 34.2 Å². The van der Waals surface area contributed by atoms with Gasteiger partial charge in [0.2, 0.25) is 5.78 Å². The van der Waals surface area contributed by atoms with Crippen LogP contribution in [0.25, 0.3) is 0 Å². The second-order valence-electron chi connectivity index (χ2n) is 4.07. The average molecular weight is 312 g/mol. The SMILES string of the molecule is O=C(O)C1CN(Cc2ccc(Br)cc2)C(=O)C1=O. The van der Waals surface area contributed by atoms with Gasteiger partial charge >= 0.3 is 5.97 Å². The Labute approximate surface area is 112 Å². The molecule has 1 aromatic rings. The topological polar surface area (TPSA) is 74.7 Å². The standard InChI is InChI=1S/C12H10BrNO4/c13-8-3-1-7(2-4-8)5-14-6-9(12(17)18)10(15)11(14)16/h1-4,9H,5-6H2,(H,17,18). The number of hydrogen-bond acceptors (Lipinski definition) is 3. The molecule has 0 aliphatic carbocycles. The summed E-state index contributed by atoms with van der Waals surface area (Å²) in [5.74, 6) is -4.02. The van der Waals surface area contributed by atoms with Gasteiger partial charge in [-0.2, -0.15) is 0 Å². The van der Waals surface area contributed by atoms with Gasteiger partial charge in [0.1, 0.15) is 5.92 Å². The first kappa shape index (κ1) is 12.8. The molecule has 1 fully saturated rings. The molecular formula is C12H10BrNO4. The zero-order valence-corrected chi connectivity index (χ0v) is 10.9. The molecule has 1 aliphatic rings. The molecular weight excluding hydrogens is 302 g/mol. The molecule has 0 bridgehead atoms. The highest BCUT2D eigenvalue weighted by Gasteiger charge is 2.42. The van der Waals surface area contributed by atoms with Crippen LogP contribution in [-0.2, 0) is 20.9 Å². The van der Waals surface area contributed by atoms with Crippen molar-refractivity contribution in [1.82, 2.24) is 4.90 Å². The number of likely N-dealkylation sites (tertiary alicyclic amines) is 1. The first-order valence-corrected chi connectivity index (χ1v) is 6.08. The predicted molar refractivity (Wildman–Crippen MR) is 65.7 cm³/mol. The summed E-state index contributed by atoms with van der Waals surface area (Å²) in [6, 6.07) is 7.28. The lowest BCUT2D eigenvalue weighted by molar-refractivity contribution is -0.147. The van der Waals surface area contributed by atoms with E-state index >= 15 is 0 Å². The lowest BCUT2D eigenvalue weighted by Crippen LogP contribution is -2.26. The molecule has 1 N–H and O–H groups in total. The van der Waals surface area contributed by atoms with Gasteiger partial charge in [-0.3, -0.25) is 14.4 Å². The molecule has 1 atom stereocenters. The van der Waals surface area contributed by atoms with Crippen molar-refractivity contribution >= 4 is 33.6 Å². The monoisotopic (exact) mass is 311 g/mol. The number of carbonyl (C=O) groups is 3. The van der Waals surface area contributed by atoms with Gasteiger partial charge in [0.05, 0.1) is 0 Å². The summed E-state index contributed by atoms with van der Waals surface area (Å²) in [5.41, 5.74) is 0.852. The quantitative estimate of drug-likeness (QED) is 0.669. The van der Waals surface area contributed by atoms with Crippen molar-refractivity contribution < 1.29 is 19.5 Å². The maximum atomic E-state index is 11.6. The lowest BCUT2D eigenvalue weighted by Gasteiger charge is -2.14. The van der Waals surface area contributed by atoms with Gasteiger partial charge in [-0.25, -0.2) is 0 Å². The second-order valence-corrected chi connectivity index (χ2v) is 4.98. The Bertz CT molecular complexity index is 511. The summed E-state index contributed by atoms with van der Waals surface area (Å²) in [6.45, 7) is 0.199. The fourth-order valence-electron chi connectivity index (χ4n) is 1.83. The Balaban J connectivity index is 2.11. The molecule has 0 spiro atoms. The fourth-order valence-corrected chi connectivity index (χ4v) is 2.09. The zero-order valence-electron chi connectivity index (χ0n) is 9.30. The first-order valence-electron chi connectivity index (χ1n) is 5.29. The third-order valence-corrected chi connectivity index (χ3v) is 3.33. The molecule has 1 aromatic carbocycles. The van der Waals surface area contributed by atoms with E-state index in [1.165, 1.54) is 4.90 Å². The number of ketones is 1. The van der Waals surface area contributed by atoms with Crippen molar-refractivity contribution in [2.45, 2.75) is 6.54 Å². The van der Waals surface area contributed by atoms with Crippen molar-refractivity contribution in [1.29, 1.82) is 0 Å². The van der Waals surface area contributed by atoms with Gasteiger partial charge in [0, 0.05) is 17.6 Å². The second kappa shape index (κ2) is 4.89. The fraction of sp³-hybridized carbons (Fsp3) is 0.250. The van der Waals surface area contributed by atoms with Crippen LogP contribution in [0.15, 0.2) is 28.7 Å². The summed E-state index contributed by atoms with van der Waals surface area (Å²) in [5, 5.41) is 8.82. The summed E-state index contributed by atoms with van der Waals surface area (Å²) < 4.78 is 0.915. The Hall–Kier alpha value is -1.69. The Kier molecular flexibility index (Phi) is 3.47. The van der Waals surface area contributed by atoms with Crippen LogP contribution in [0.5, 0.6) is 0 Å². The normalized spacial score (nSPS) is 19.4. The summed E-state index contributed by atoms with van der Waals surface area (Å²) in [6.07, 6.45) is 0. The van der Waals surface area contributed by atoms with Crippen molar-refractivity contribution in [3.63, 3.8) is 0 Å². The molecule has 1 unspecified atom stereocenters. The number of hydrogen-bond donors (Lipinski definition) is 1. The minimum Gasteiger partial charge on any atom is -0.481 e. The van der Waals surface area contributed by atoms with Crippen LogP contribution >= 0.6 is 15.9 Å². The van der Waals surface area contributed by atoms with Gasteiger partial charge in [-0.05, 0) is 17.7 Å². The molecule has 1 heterocycles. The number of carboxylic acids is 1. The minimum absolute atomic E-state index is 0.0525. The van der Waals surface area contributed by atoms with Gasteiger partial charge in [-0.1, -0.05) is 28.1 Å². The van der Waals surface area contributed by atoms with Crippen LogP contribution in [0.4, 0.5) is 0 Å². The summed E-state index contributed by atoms with van der Waals surface area (Å²) >= 11 is 3.30. The van der Waals surface area contributed by atoms with E-state index < -0.39 is 23.6 Å². The van der Waals surface area contributed by atoms with E-state index in [1.807, 2.05) is 24.3 Å². The Morgan fingerprint density at radius 1 is 1.33 bits per heavy atom. The van der Waals surface area contributed by atoms with E-state index in [0.717, 1.165) is 10.0 Å². The van der Waals surface area contributed by atoms with E-state index in [-0.39, 0.29) is 13.1 Å². The molecule has 0 saturated carbocycles. The third-order valence-electron chi connectivity index (χ3n) is 2.80. The van der Waals surface area contributed by atoms with Crippen LogP contribution < -0.4 is 0 Å². The number of carbonyl (C=O) groups excluding carboxylic acids is 2. The number of carboxylic acid groups (broad SMARTS) is 1. The van der Waals surface area contributed by atoms with E-state index in [2.05, 4.69) is 15.9 Å².